The van der Waals surface area contributed by atoms with Gasteiger partial charge in [0.05, 0.1) is 25.0 Å². The van der Waals surface area contributed by atoms with Crippen molar-refractivity contribution in [3.8, 4) is 5.75 Å². The number of aryl methyl sites for hydroxylation is 2. The first kappa shape index (κ1) is 15.4. The van der Waals surface area contributed by atoms with Crippen molar-refractivity contribution in [2.24, 2.45) is 17.8 Å². The average molecular weight is 313 g/mol. The molecule has 1 aromatic carbocycles. The van der Waals surface area contributed by atoms with E-state index in [1.54, 1.807) is 7.11 Å². The molecule has 0 radical (unpaired) electrons. The number of nitrogens with zero attached hydrogens (tertiary/aromatic N) is 3. The molecule has 0 saturated carbocycles. The molecule has 122 valence electrons. The van der Waals surface area contributed by atoms with Crippen LogP contribution in [0.2, 0.25) is 0 Å². The van der Waals surface area contributed by atoms with E-state index in [0.29, 0.717) is 12.5 Å². The van der Waals surface area contributed by atoms with Gasteiger partial charge in [0, 0.05) is 12.7 Å². The molecule has 1 aromatic heterocycles. The standard InChI is InChI=1S/C17H23N5O/c1-22-16(14-5-3-4-6-15(14)21-22)11-19-17(18)20-12-7-9-13(23-2)10-8-12/h7-10H,3-6,11H2,1-2H3,(H3,18,19,20). The lowest BCUT2D eigenvalue weighted by Crippen LogP contribution is -2.22. The van der Waals surface area contributed by atoms with Gasteiger partial charge in [-0.2, -0.15) is 5.10 Å². The molecule has 1 aliphatic carbocycles. The fourth-order valence-corrected chi connectivity index (χ4v) is 2.97. The normalized spacial score (nSPS) is 14.4. The summed E-state index contributed by atoms with van der Waals surface area (Å²) in [4.78, 5) is 4.46. The number of aromatic nitrogens is 2. The third kappa shape index (κ3) is 3.47. The summed E-state index contributed by atoms with van der Waals surface area (Å²) in [5.41, 5.74) is 10.6. The highest BCUT2D eigenvalue weighted by atomic mass is 16.5. The number of guanidine groups is 1. The number of benzene rings is 1. The molecule has 6 heteroatoms. The van der Waals surface area contributed by atoms with Gasteiger partial charge < -0.3 is 15.8 Å². The number of fused-ring (bicyclic) bond motifs is 1. The van der Waals surface area contributed by atoms with Gasteiger partial charge in [0.25, 0.3) is 0 Å². The Kier molecular flexibility index (Phi) is 4.50. The van der Waals surface area contributed by atoms with Gasteiger partial charge in [-0.15, -0.1) is 0 Å². The van der Waals surface area contributed by atoms with Gasteiger partial charge in [-0.3, -0.25) is 4.68 Å². The Morgan fingerprint density at radius 3 is 2.78 bits per heavy atom. The van der Waals surface area contributed by atoms with Gasteiger partial charge in [-0.25, -0.2) is 4.99 Å². The van der Waals surface area contributed by atoms with Crippen LogP contribution in [0.5, 0.6) is 5.75 Å². The van der Waals surface area contributed by atoms with Gasteiger partial charge >= 0.3 is 0 Å². The molecule has 3 rings (SSSR count). The van der Waals surface area contributed by atoms with Gasteiger partial charge in [-0.05, 0) is 55.5 Å². The minimum Gasteiger partial charge on any atom is -0.497 e. The molecular weight excluding hydrogens is 290 g/mol. The highest BCUT2D eigenvalue weighted by molar-refractivity contribution is 5.92. The Bertz CT molecular complexity index is 703. The molecule has 0 atom stereocenters. The molecule has 0 bridgehead atoms. The number of rotatable bonds is 4. The zero-order valence-electron chi connectivity index (χ0n) is 13.7. The van der Waals surface area contributed by atoms with E-state index in [1.807, 2.05) is 36.0 Å². The topological polar surface area (TPSA) is 77.5 Å². The zero-order valence-corrected chi connectivity index (χ0v) is 13.7. The molecule has 0 spiro atoms. The molecule has 2 aromatic rings. The number of ether oxygens (including phenoxy) is 1. The fraction of sp³-hybridized carbons (Fsp3) is 0.412. The Morgan fingerprint density at radius 1 is 1.30 bits per heavy atom. The molecule has 6 nitrogen and oxygen atoms in total. The van der Waals surface area contributed by atoms with Crippen LogP contribution in [0.15, 0.2) is 29.3 Å². The summed E-state index contributed by atoms with van der Waals surface area (Å²) in [5.74, 6) is 1.22. The van der Waals surface area contributed by atoms with Crippen LogP contribution in [0, 0.1) is 0 Å². The predicted molar refractivity (Wildman–Crippen MR) is 91.8 cm³/mol. The smallest absolute Gasteiger partial charge is 0.193 e. The Balaban J connectivity index is 1.68. The molecule has 23 heavy (non-hydrogen) atoms. The summed E-state index contributed by atoms with van der Waals surface area (Å²) in [6, 6.07) is 7.58. The maximum atomic E-state index is 6.00. The molecular formula is C17H23N5O. The minimum absolute atomic E-state index is 0.404. The van der Waals surface area contributed by atoms with Crippen LogP contribution < -0.4 is 15.8 Å². The summed E-state index contributed by atoms with van der Waals surface area (Å²) >= 11 is 0. The lowest BCUT2D eigenvalue weighted by atomic mass is 9.96. The van der Waals surface area contributed by atoms with Gasteiger partial charge in [0.15, 0.2) is 5.96 Å². The Labute approximate surface area is 136 Å². The van der Waals surface area contributed by atoms with E-state index >= 15 is 0 Å². The summed E-state index contributed by atoms with van der Waals surface area (Å²) in [5, 5.41) is 7.70. The summed E-state index contributed by atoms with van der Waals surface area (Å²) in [7, 11) is 3.63. The third-order valence-electron chi connectivity index (χ3n) is 4.21. The van der Waals surface area contributed by atoms with E-state index in [-0.39, 0.29) is 0 Å². The van der Waals surface area contributed by atoms with Crippen molar-refractivity contribution in [3.05, 3.63) is 41.2 Å². The second-order valence-corrected chi connectivity index (χ2v) is 5.76. The van der Waals surface area contributed by atoms with E-state index in [2.05, 4.69) is 15.4 Å². The number of methoxy groups -OCH3 is 1. The molecule has 0 aliphatic heterocycles. The van der Waals surface area contributed by atoms with Crippen LogP contribution in [0.1, 0.15) is 29.8 Å². The van der Waals surface area contributed by atoms with Crippen molar-refractivity contribution in [2.45, 2.75) is 32.2 Å². The van der Waals surface area contributed by atoms with Crippen molar-refractivity contribution >= 4 is 11.6 Å². The highest BCUT2D eigenvalue weighted by Crippen LogP contribution is 2.24. The SMILES string of the molecule is COc1ccc(NC(N)=NCc2c3c(nn2C)CCCC3)cc1. The predicted octanol–water partition coefficient (Wildman–Crippen LogP) is 2.23. The van der Waals surface area contributed by atoms with Gasteiger partial charge in [0.1, 0.15) is 5.75 Å². The second kappa shape index (κ2) is 6.73. The monoisotopic (exact) mass is 313 g/mol. The maximum Gasteiger partial charge on any atom is 0.193 e. The number of nitrogens with one attached hydrogen (secondary N) is 1. The van der Waals surface area contributed by atoms with Crippen molar-refractivity contribution in [1.29, 1.82) is 0 Å². The number of hydrogen-bond acceptors (Lipinski definition) is 3. The Morgan fingerprint density at radius 2 is 2.04 bits per heavy atom. The molecule has 3 N–H and O–H groups in total. The largest absolute Gasteiger partial charge is 0.497 e. The first-order chi connectivity index (χ1) is 11.2. The van der Waals surface area contributed by atoms with Crippen molar-refractivity contribution in [1.82, 2.24) is 9.78 Å². The van der Waals surface area contributed by atoms with Crippen LogP contribution >= 0.6 is 0 Å². The quantitative estimate of drug-likeness (QED) is 0.670. The average Bonchev–Trinajstić information content (AvgIpc) is 2.89. The van der Waals surface area contributed by atoms with Crippen LogP contribution in [0.3, 0.4) is 0 Å². The van der Waals surface area contributed by atoms with E-state index < -0.39 is 0 Å². The lowest BCUT2D eigenvalue weighted by molar-refractivity contribution is 0.415. The second-order valence-electron chi connectivity index (χ2n) is 5.76. The van der Waals surface area contributed by atoms with Crippen LogP contribution in [0.25, 0.3) is 0 Å². The zero-order chi connectivity index (χ0) is 16.2. The summed E-state index contributed by atoms with van der Waals surface area (Å²) < 4.78 is 7.08. The van der Waals surface area contributed by atoms with E-state index in [0.717, 1.165) is 24.3 Å². The molecule has 1 aliphatic rings. The molecule has 0 unspecified atom stereocenters. The molecule has 0 fully saturated rings. The van der Waals surface area contributed by atoms with Crippen LogP contribution in [-0.4, -0.2) is 22.8 Å². The van der Waals surface area contributed by atoms with Crippen LogP contribution in [0.4, 0.5) is 5.69 Å². The Hall–Kier alpha value is -2.50. The molecule has 0 amide bonds. The number of anilines is 1. The summed E-state index contributed by atoms with van der Waals surface area (Å²) in [6.07, 6.45) is 4.63. The minimum atomic E-state index is 0.404. The fourth-order valence-electron chi connectivity index (χ4n) is 2.97. The van der Waals surface area contributed by atoms with Gasteiger partial charge in [-0.1, -0.05) is 0 Å². The van der Waals surface area contributed by atoms with E-state index in [1.165, 1.54) is 29.8 Å². The maximum absolute atomic E-state index is 6.00. The van der Waals surface area contributed by atoms with Crippen molar-refractivity contribution < 1.29 is 4.74 Å². The van der Waals surface area contributed by atoms with Crippen molar-refractivity contribution in [3.63, 3.8) is 0 Å². The number of nitrogens with two attached hydrogens (primary N) is 1. The number of aliphatic imine (C=N–C) groups is 1. The lowest BCUT2D eigenvalue weighted by Gasteiger charge is -2.11. The third-order valence-corrected chi connectivity index (χ3v) is 4.21. The first-order valence-corrected chi connectivity index (χ1v) is 7.92. The highest BCUT2D eigenvalue weighted by Gasteiger charge is 2.18. The molecule has 1 heterocycles. The van der Waals surface area contributed by atoms with Crippen LogP contribution in [-0.2, 0) is 26.4 Å². The van der Waals surface area contributed by atoms with Gasteiger partial charge in [0.2, 0.25) is 0 Å². The van der Waals surface area contributed by atoms with E-state index in [4.69, 9.17) is 10.5 Å². The van der Waals surface area contributed by atoms with E-state index in [9.17, 15) is 0 Å². The first-order valence-electron chi connectivity index (χ1n) is 7.92. The number of hydrogen-bond donors (Lipinski definition) is 2. The van der Waals surface area contributed by atoms with Crippen molar-refractivity contribution in [2.75, 3.05) is 12.4 Å². The summed E-state index contributed by atoms with van der Waals surface area (Å²) in [6.45, 7) is 0.549. The molecule has 0 saturated heterocycles.